The van der Waals surface area contributed by atoms with E-state index < -0.39 is 0 Å². The van der Waals surface area contributed by atoms with Gasteiger partial charge < -0.3 is 5.73 Å². The van der Waals surface area contributed by atoms with Crippen LogP contribution in [0.3, 0.4) is 0 Å². The third kappa shape index (κ3) is 4.03. The number of ketones is 1. The van der Waals surface area contributed by atoms with E-state index in [1.807, 2.05) is 24.3 Å². The first-order valence-electron chi connectivity index (χ1n) is 4.68. The van der Waals surface area contributed by atoms with E-state index >= 15 is 0 Å². The lowest BCUT2D eigenvalue weighted by Crippen LogP contribution is -2.06. The molecule has 0 aromatic heterocycles. The second-order valence-electron chi connectivity index (χ2n) is 3.23. The summed E-state index contributed by atoms with van der Waals surface area (Å²) in [6.07, 6.45) is 1.90. The van der Waals surface area contributed by atoms with Gasteiger partial charge in [0.2, 0.25) is 0 Å². The highest BCUT2D eigenvalue weighted by Crippen LogP contribution is 2.11. The minimum absolute atomic E-state index is 0.262. The maximum absolute atomic E-state index is 11.4. The van der Waals surface area contributed by atoms with Gasteiger partial charge in [-0.05, 0) is 30.7 Å². The Balaban J connectivity index is 2.44. The van der Waals surface area contributed by atoms with Crippen LogP contribution in [0.25, 0.3) is 0 Å². The number of carbonyl (C=O) groups excluding carboxylic acids is 1. The summed E-state index contributed by atoms with van der Waals surface area (Å²) in [4.78, 5) is 11.4. The van der Waals surface area contributed by atoms with Crippen LogP contribution in [-0.2, 0) is 11.2 Å². The third-order valence-corrected chi connectivity index (χ3v) is 2.50. The van der Waals surface area contributed by atoms with Gasteiger partial charge in [0.1, 0.15) is 5.78 Å². The number of hydrogen-bond acceptors (Lipinski definition) is 2. The average Bonchev–Trinajstić information content (AvgIpc) is 2.18. The van der Waals surface area contributed by atoms with E-state index in [-0.39, 0.29) is 5.78 Å². The van der Waals surface area contributed by atoms with Crippen molar-refractivity contribution in [2.24, 2.45) is 5.73 Å². The summed E-state index contributed by atoms with van der Waals surface area (Å²) in [5, 5.41) is 0. The van der Waals surface area contributed by atoms with Crippen molar-refractivity contribution in [1.29, 1.82) is 0 Å². The Labute approximate surface area is 92.6 Å². The van der Waals surface area contributed by atoms with E-state index in [0.717, 1.165) is 16.5 Å². The summed E-state index contributed by atoms with van der Waals surface area (Å²) < 4.78 is 1.04. The van der Waals surface area contributed by atoms with Crippen LogP contribution in [0.2, 0.25) is 0 Å². The van der Waals surface area contributed by atoms with Crippen molar-refractivity contribution in [2.45, 2.75) is 19.3 Å². The summed E-state index contributed by atoms with van der Waals surface area (Å²) in [5.74, 6) is 0.262. The van der Waals surface area contributed by atoms with Crippen molar-refractivity contribution >= 4 is 21.7 Å². The van der Waals surface area contributed by atoms with Crippen molar-refractivity contribution in [3.05, 3.63) is 34.3 Å². The van der Waals surface area contributed by atoms with Gasteiger partial charge in [-0.2, -0.15) is 0 Å². The van der Waals surface area contributed by atoms with Crippen molar-refractivity contribution in [3.63, 3.8) is 0 Å². The molecule has 0 radical (unpaired) electrons. The predicted octanol–water partition coefficient (Wildman–Crippen LogP) is 2.30. The maximum atomic E-state index is 11.4. The first-order valence-corrected chi connectivity index (χ1v) is 5.48. The van der Waals surface area contributed by atoms with Gasteiger partial charge in [-0.15, -0.1) is 0 Å². The number of benzene rings is 1. The molecule has 76 valence electrons. The van der Waals surface area contributed by atoms with Gasteiger partial charge in [0.05, 0.1) is 0 Å². The molecule has 14 heavy (non-hydrogen) atoms. The Morgan fingerprint density at radius 3 is 2.50 bits per heavy atom. The summed E-state index contributed by atoms with van der Waals surface area (Å²) in [6.45, 7) is 0.589. The molecule has 3 heteroatoms. The van der Waals surface area contributed by atoms with Gasteiger partial charge in [-0.1, -0.05) is 28.1 Å². The fourth-order valence-electron chi connectivity index (χ4n) is 1.22. The molecule has 2 N–H and O–H groups in total. The summed E-state index contributed by atoms with van der Waals surface area (Å²) >= 11 is 3.35. The molecule has 0 spiro atoms. The van der Waals surface area contributed by atoms with Crippen molar-refractivity contribution in [1.82, 2.24) is 0 Å². The normalized spacial score (nSPS) is 10.1. The third-order valence-electron chi connectivity index (χ3n) is 1.97. The van der Waals surface area contributed by atoms with Crippen LogP contribution in [0, 0.1) is 0 Å². The Kier molecular flexibility index (Phi) is 4.84. The van der Waals surface area contributed by atoms with Gasteiger partial charge >= 0.3 is 0 Å². The smallest absolute Gasteiger partial charge is 0.137 e. The number of halogens is 1. The Morgan fingerprint density at radius 2 is 1.93 bits per heavy atom. The topological polar surface area (TPSA) is 43.1 Å². The summed E-state index contributed by atoms with van der Waals surface area (Å²) in [6, 6.07) is 7.83. The molecule has 1 rings (SSSR count). The highest BCUT2D eigenvalue weighted by atomic mass is 79.9. The molecule has 0 unspecified atom stereocenters. The molecule has 0 saturated carbocycles. The Morgan fingerprint density at radius 1 is 1.29 bits per heavy atom. The fraction of sp³-hybridized carbons (Fsp3) is 0.364. The largest absolute Gasteiger partial charge is 0.330 e. The molecule has 0 aliphatic heterocycles. The van der Waals surface area contributed by atoms with E-state index in [9.17, 15) is 4.79 Å². The molecule has 1 aromatic carbocycles. The fourth-order valence-corrected chi connectivity index (χ4v) is 1.48. The molecule has 0 aliphatic rings. The highest BCUT2D eigenvalue weighted by molar-refractivity contribution is 9.10. The molecule has 0 amide bonds. The van der Waals surface area contributed by atoms with Gasteiger partial charge in [-0.3, -0.25) is 4.79 Å². The van der Waals surface area contributed by atoms with E-state index in [4.69, 9.17) is 5.73 Å². The monoisotopic (exact) mass is 255 g/mol. The van der Waals surface area contributed by atoms with E-state index in [0.29, 0.717) is 19.4 Å². The number of Topliss-reactive ketones (excluding diaryl/α,β-unsaturated/α-hetero) is 1. The van der Waals surface area contributed by atoms with Crippen LogP contribution in [-0.4, -0.2) is 12.3 Å². The molecule has 0 bridgehead atoms. The molecule has 0 heterocycles. The zero-order valence-corrected chi connectivity index (χ0v) is 9.59. The number of hydrogen-bond donors (Lipinski definition) is 1. The lowest BCUT2D eigenvalue weighted by molar-refractivity contribution is -0.118. The highest BCUT2D eigenvalue weighted by Gasteiger charge is 2.02. The van der Waals surface area contributed by atoms with Gasteiger partial charge in [0.25, 0.3) is 0 Å². The zero-order valence-electron chi connectivity index (χ0n) is 8.00. The minimum atomic E-state index is 0.262. The molecule has 1 aromatic rings. The van der Waals surface area contributed by atoms with Gasteiger partial charge in [0.15, 0.2) is 0 Å². The van der Waals surface area contributed by atoms with E-state index in [1.165, 1.54) is 0 Å². The van der Waals surface area contributed by atoms with Gasteiger partial charge in [0, 0.05) is 17.3 Å². The second kappa shape index (κ2) is 5.94. The molecule has 0 atom stereocenters. The van der Waals surface area contributed by atoms with Crippen LogP contribution in [0.4, 0.5) is 0 Å². The molecule has 0 aliphatic carbocycles. The number of carbonyl (C=O) groups is 1. The minimum Gasteiger partial charge on any atom is -0.330 e. The molecule has 2 nitrogen and oxygen atoms in total. The molecule has 0 saturated heterocycles. The van der Waals surface area contributed by atoms with Crippen molar-refractivity contribution in [3.8, 4) is 0 Å². The van der Waals surface area contributed by atoms with Crippen LogP contribution < -0.4 is 5.73 Å². The van der Waals surface area contributed by atoms with Crippen LogP contribution >= 0.6 is 15.9 Å². The van der Waals surface area contributed by atoms with Gasteiger partial charge in [-0.25, -0.2) is 0 Å². The predicted molar refractivity (Wildman–Crippen MR) is 61.1 cm³/mol. The first-order chi connectivity index (χ1) is 6.72. The van der Waals surface area contributed by atoms with Crippen LogP contribution in [0.1, 0.15) is 18.4 Å². The standard InChI is InChI=1S/C11H14BrNO/c12-10-5-3-9(4-6-10)8-11(14)2-1-7-13/h3-6H,1-2,7-8,13H2. The van der Waals surface area contributed by atoms with E-state index in [1.54, 1.807) is 0 Å². The SMILES string of the molecule is NCCCC(=O)Cc1ccc(Br)cc1. The number of nitrogens with two attached hydrogens (primary N) is 1. The van der Waals surface area contributed by atoms with E-state index in [2.05, 4.69) is 15.9 Å². The Bertz CT molecular complexity index is 295. The van der Waals surface area contributed by atoms with Crippen molar-refractivity contribution in [2.75, 3.05) is 6.54 Å². The summed E-state index contributed by atoms with van der Waals surface area (Å²) in [5.41, 5.74) is 6.40. The first kappa shape index (κ1) is 11.4. The summed E-state index contributed by atoms with van der Waals surface area (Å²) in [7, 11) is 0. The van der Waals surface area contributed by atoms with Crippen LogP contribution in [0.5, 0.6) is 0 Å². The lowest BCUT2D eigenvalue weighted by atomic mass is 10.1. The number of rotatable bonds is 5. The molecule has 0 fully saturated rings. The quantitative estimate of drug-likeness (QED) is 0.878. The van der Waals surface area contributed by atoms with Crippen molar-refractivity contribution < 1.29 is 4.79 Å². The second-order valence-corrected chi connectivity index (χ2v) is 4.15. The lowest BCUT2D eigenvalue weighted by Gasteiger charge is -2.00. The Hall–Kier alpha value is -0.670. The average molecular weight is 256 g/mol. The zero-order chi connectivity index (χ0) is 10.4. The molecular formula is C11H14BrNO. The maximum Gasteiger partial charge on any atom is 0.137 e. The van der Waals surface area contributed by atoms with Crippen LogP contribution in [0.15, 0.2) is 28.7 Å². The molecular weight excluding hydrogens is 242 g/mol.